The van der Waals surface area contributed by atoms with E-state index < -0.39 is 10.8 Å². The van der Waals surface area contributed by atoms with Crippen LogP contribution in [0.15, 0.2) is 36.4 Å². The lowest BCUT2D eigenvalue weighted by atomic mass is 9.53. The van der Waals surface area contributed by atoms with Gasteiger partial charge in [-0.2, -0.15) is 0 Å². The van der Waals surface area contributed by atoms with Crippen molar-refractivity contribution in [2.45, 2.75) is 64.9 Å². The Morgan fingerprint density at radius 1 is 0.886 bits per heavy atom. The van der Waals surface area contributed by atoms with Gasteiger partial charge in [-0.3, -0.25) is 19.4 Å². The maximum atomic E-state index is 13.5. The molecule has 2 saturated heterocycles. The number of amides is 2. The molecule has 5 rings (SSSR count). The van der Waals surface area contributed by atoms with Crippen molar-refractivity contribution in [3.05, 3.63) is 36.4 Å². The Morgan fingerprint density at radius 3 is 2.09 bits per heavy atom. The summed E-state index contributed by atoms with van der Waals surface area (Å²) in [6.45, 7) is 9.48. The second-order valence-corrected chi connectivity index (χ2v) is 10.8. The van der Waals surface area contributed by atoms with Gasteiger partial charge in [0.2, 0.25) is 11.8 Å². The molecule has 1 aromatic rings. The summed E-state index contributed by atoms with van der Waals surface area (Å²) >= 11 is 0. The van der Waals surface area contributed by atoms with E-state index in [-0.39, 0.29) is 30.3 Å². The zero-order chi connectivity index (χ0) is 23.8. The fraction of sp³-hybridized carbons (Fsp3) is 0.643. The SMILES string of the molecule is CC(C)Oc1ccccc1N1CCN(CCCN2C(=O)C34CC=CCC3(CCCC4)C2=O)CC1.Cl. The molecule has 0 N–H and O–H groups in total. The topological polar surface area (TPSA) is 53.1 Å². The van der Waals surface area contributed by atoms with E-state index in [0.29, 0.717) is 6.54 Å². The molecule has 6 nitrogen and oxygen atoms in total. The van der Waals surface area contributed by atoms with E-state index in [9.17, 15) is 9.59 Å². The average molecular weight is 502 g/mol. The van der Waals surface area contributed by atoms with Crippen molar-refractivity contribution in [2.75, 3.05) is 44.2 Å². The zero-order valence-corrected chi connectivity index (χ0v) is 22.0. The van der Waals surface area contributed by atoms with E-state index in [4.69, 9.17) is 4.74 Å². The fourth-order valence-electron chi connectivity index (χ4n) is 6.84. The molecule has 2 atom stereocenters. The molecule has 0 bridgehead atoms. The number of ether oxygens (including phenoxy) is 1. The number of halogens is 1. The number of nitrogens with zero attached hydrogens (tertiary/aromatic N) is 3. The first-order chi connectivity index (χ1) is 16.5. The van der Waals surface area contributed by atoms with E-state index >= 15 is 0 Å². The first-order valence-electron chi connectivity index (χ1n) is 13.2. The Labute approximate surface area is 216 Å². The summed E-state index contributed by atoms with van der Waals surface area (Å²) in [4.78, 5) is 33.6. The summed E-state index contributed by atoms with van der Waals surface area (Å²) in [6, 6.07) is 8.29. The van der Waals surface area contributed by atoms with E-state index in [1.165, 1.54) is 5.69 Å². The Balaban J connectivity index is 0.00000289. The molecule has 1 saturated carbocycles. The molecule has 7 heteroatoms. The molecule has 2 heterocycles. The Hall–Kier alpha value is -2.05. The van der Waals surface area contributed by atoms with Crippen molar-refractivity contribution < 1.29 is 14.3 Å². The average Bonchev–Trinajstić information content (AvgIpc) is 3.04. The smallest absolute Gasteiger partial charge is 0.236 e. The molecule has 3 fully saturated rings. The van der Waals surface area contributed by atoms with Crippen molar-refractivity contribution >= 4 is 29.9 Å². The molecule has 0 aromatic heterocycles. The van der Waals surface area contributed by atoms with Crippen LogP contribution in [0.3, 0.4) is 0 Å². The van der Waals surface area contributed by atoms with E-state index in [1.807, 2.05) is 6.07 Å². The predicted octanol–water partition coefficient (Wildman–Crippen LogP) is 4.67. The van der Waals surface area contributed by atoms with Crippen molar-refractivity contribution in [1.82, 2.24) is 9.80 Å². The summed E-state index contributed by atoms with van der Waals surface area (Å²) in [5.41, 5.74) is 0.268. The lowest BCUT2D eigenvalue weighted by Crippen LogP contribution is -2.48. The summed E-state index contributed by atoms with van der Waals surface area (Å²) in [7, 11) is 0. The van der Waals surface area contributed by atoms with Gasteiger partial charge in [0.25, 0.3) is 0 Å². The van der Waals surface area contributed by atoms with Gasteiger partial charge in [0.05, 0.1) is 22.6 Å². The van der Waals surface area contributed by atoms with Crippen LogP contribution in [0.1, 0.15) is 58.8 Å². The highest BCUT2D eigenvalue weighted by Crippen LogP contribution is 2.62. The fourth-order valence-corrected chi connectivity index (χ4v) is 6.84. The van der Waals surface area contributed by atoms with Gasteiger partial charge < -0.3 is 9.64 Å². The van der Waals surface area contributed by atoms with E-state index in [1.54, 1.807) is 4.90 Å². The highest BCUT2D eigenvalue weighted by atomic mass is 35.5. The van der Waals surface area contributed by atoms with Gasteiger partial charge in [-0.05, 0) is 64.6 Å². The predicted molar refractivity (Wildman–Crippen MR) is 141 cm³/mol. The zero-order valence-electron chi connectivity index (χ0n) is 21.2. The molecular formula is C28H40ClN3O3. The van der Waals surface area contributed by atoms with Crippen molar-refractivity contribution in [2.24, 2.45) is 10.8 Å². The first-order valence-corrected chi connectivity index (χ1v) is 13.2. The van der Waals surface area contributed by atoms with Crippen molar-refractivity contribution in [3.8, 4) is 5.75 Å². The Morgan fingerprint density at radius 2 is 1.49 bits per heavy atom. The van der Waals surface area contributed by atoms with Gasteiger partial charge in [0.1, 0.15) is 5.75 Å². The lowest BCUT2D eigenvalue weighted by molar-refractivity contribution is -0.141. The molecule has 4 aliphatic rings. The summed E-state index contributed by atoms with van der Waals surface area (Å²) in [5.74, 6) is 1.19. The normalized spacial score (nSPS) is 28.7. The Kier molecular flexibility index (Phi) is 7.82. The maximum absolute atomic E-state index is 13.5. The molecular weight excluding hydrogens is 462 g/mol. The number of hydrogen-bond donors (Lipinski definition) is 0. The van der Waals surface area contributed by atoms with Crippen LogP contribution in [-0.2, 0) is 9.59 Å². The third kappa shape index (κ3) is 4.48. The lowest BCUT2D eigenvalue weighted by Gasteiger charge is -2.46. The molecule has 2 aliphatic carbocycles. The molecule has 192 valence electrons. The number of benzene rings is 1. The number of imide groups is 1. The second kappa shape index (κ2) is 10.5. The van der Waals surface area contributed by atoms with Gasteiger partial charge in [0.15, 0.2) is 0 Å². The van der Waals surface area contributed by atoms with Crippen molar-refractivity contribution in [3.63, 3.8) is 0 Å². The van der Waals surface area contributed by atoms with Gasteiger partial charge in [-0.25, -0.2) is 0 Å². The van der Waals surface area contributed by atoms with Crippen LogP contribution in [0.5, 0.6) is 5.75 Å². The number of rotatable bonds is 7. The van der Waals surface area contributed by atoms with E-state index in [0.717, 1.165) is 83.4 Å². The molecule has 2 aliphatic heterocycles. The third-order valence-electron chi connectivity index (χ3n) is 8.58. The number of carbonyl (C=O) groups excluding carboxylic acids is 2. The minimum atomic E-state index is -0.450. The van der Waals surface area contributed by atoms with Crippen molar-refractivity contribution in [1.29, 1.82) is 0 Å². The van der Waals surface area contributed by atoms with Crippen LogP contribution in [0.25, 0.3) is 0 Å². The standard InChI is InChI=1S/C28H39N3O3.ClH/c1-22(2)34-24-11-4-3-10-23(24)30-20-18-29(19-21-30)16-9-17-31-25(32)27-12-5-6-13-28(27,26(31)33)15-8-7-14-27;/h3-6,10-11,22H,7-9,12-21H2,1-2H3;1H. The van der Waals surface area contributed by atoms with Crippen LogP contribution >= 0.6 is 12.4 Å². The number of carbonyl (C=O) groups is 2. The Bertz CT molecular complexity index is 923. The maximum Gasteiger partial charge on any atom is 0.236 e. The first kappa shape index (κ1) is 26.0. The number of likely N-dealkylation sites (tertiary alicyclic amines) is 1. The third-order valence-corrected chi connectivity index (χ3v) is 8.58. The number of hydrogen-bond acceptors (Lipinski definition) is 5. The van der Waals surface area contributed by atoms with Crippen LogP contribution in [0.4, 0.5) is 5.69 Å². The second-order valence-electron chi connectivity index (χ2n) is 10.8. The quantitative estimate of drug-likeness (QED) is 0.401. The highest BCUT2D eigenvalue weighted by Gasteiger charge is 2.68. The molecule has 0 spiro atoms. The number of allylic oxidation sites excluding steroid dienone is 2. The van der Waals surface area contributed by atoms with Crippen LogP contribution in [0.2, 0.25) is 0 Å². The summed E-state index contributed by atoms with van der Waals surface area (Å²) in [5, 5.41) is 0. The highest BCUT2D eigenvalue weighted by molar-refractivity contribution is 6.10. The number of piperazine rings is 1. The minimum absolute atomic E-state index is 0. The minimum Gasteiger partial charge on any atom is -0.489 e. The monoisotopic (exact) mass is 501 g/mol. The molecule has 2 unspecified atom stereocenters. The van der Waals surface area contributed by atoms with Crippen LogP contribution in [-0.4, -0.2) is 67.0 Å². The molecule has 2 amide bonds. The summed E-state index contributed by atoms with van der Waals surface area (Å²) in [6.07, 6.45) is 10.7. The van der Waals surface area contributed by atoms with Gasteiger partial charge in [-0.1, -0.05) is 37.1 Å². The van der Waals surface area contributed by atoms with Gasteiger partial charge in [0, 0.05) is 32.7 Å². The number of para-hydroxylation sites is 2. The van der Waals surface area contributed by atoms with Gasteiger partial charge >= 0.3 is 0 Å². The van der Waals surface area contributed by atoms with Crippen LogP contribution < -0.4 is 9.64 Å². The van der Waals surface area contributed by atoms with E-state index in [2.05, 4.69) is 54.0 Å². The molecule has 35 heavy (non-hydrogen) atoms. The summed E-state index contributed by atoms with van der Waals surface area (Å²) < 4.78 is 6.02. The van der Waals surface area contributed by atoms with Gasteiger partial charge in [-0.15, -0.1) is 12.4 Å². The molecule has 1 aromatic carbocycles. The number of anilines is 1. The van der Waals surface area contributed by atoms with Crippen LogP contribution in [0, 0.1) is 10.8 Å². The largest absolute Gasteiger partial charge is 0.489 e. The molecule has 0 radical (unpaired) electrons.